The molecule has 0 atom stereocenters. The summed E-state index contributed by atoms with van der Waals surface area (Å²) in [6, 6.07) is 13.6. The van der Waals surface area contributed by atoms with Gasteiger partial charge in [0.15, 0.2) is 0 Å². The molecule has 3 heteroatoms. The smallest absolute Gasteiger partial charge is 0.232 e. The van der Waals surface area contributed by atoms with E-state index >= 15 is 0 Å². The fourth-order valence-electron chi connectivity index (χ4n) is 1.85. The number of nitrogens with one attached hydrogen (secondary N) is 1. The first kappa shape index (κ1) is 11.5. The quantitative estimate of drug-likeness (QED) is 0.858. The lowest BCUT2D eigenvalue weighted by Gasteiger charge is -2.20. The molecule has 0 fully saturated rings. The van der Waals surface area contributed by atoms with E-state index < -0.39 is 0 Å². The minimum Gasteiger partial charge on any atom is -0.365 e. The number of hydrogen-bond acceptors (Lipinski definition) is 1. The molecule has 1 N–H and O–H groups in total. The third-order valence-corrected chi connectivity index (χ3v) is 2.69. The van der Waals surface area contributed by atoms with Crippen molar-refractivity contribution in [3.63, 3.8) is 0 Å². The van der Waals surface area contributed by atoms with Crippen LogP contribution in [0.3, 0.4) is 0 Å². The van der Waals surface area contributed by atoms with Crippen LogP contribution in [0.5, 0.6) is 0 Å². The van der Waals surface area contributed by atoms with E-state index in [1.807, 2.05) is 55.6 Å². The van der Waals surface area contributed by atoms with Gasteiger partial charge in [-0.2, -0.15) is 0 Å². The molecule has 17 heavy (non-hydrogen) atoms. The first-order valence-electron chi connectivity index (χ1n) is 5.79. The van der Waals surface area contributed by atoms with Crippen molar-refractivity contribution in [2.75, 3.05) is 11.4 Å². The third-order valence-electron chi connectivity index (χ3n) is 2.69. The number of nitrogens with zero attached hydrogens (tertiary/aromatic N) is 1. The average molecular weight is 228 g/mol. The van der Waals surface area contributed by atoms with Crippen molar-refractivity contribution in [2.45, 2.75) is 13.3 Å². The molecule has 1 aromatic heterocycles. The first-order valence-corrected chi connectivity index (χ1v) is 5.79. The van der Waals surface area contributed by atoms with E-state index in [4.69, 9.17) is 0 Å². The van der Waals surface area contributed by atoms with Crippen LogP contribution < -0.4 is 4.90 Å². The van der Waals surface area contributed by atoms with Crippen molar-refractivity contribution >= 4 is 11.6 Å². The zero-order chi connectivity index (χ0) is 12.1. The van der Waals surface area contributed by atoms with Crippen LogP contribution in [0.2, 0.25) is 0 Å². The van der Waals surface area contributed by atoms with Gasteiger partial charge in [0.05, 0.1) is 6.42 Å². The van der Waals surface area contributed by atoms with E-state index in [2.05, 4.69) is 4.98 Å². The van der Waals surface area contributed by atoms with Crippen LogP contribution >= 0.6 is 0 Å². The van der Waals surface area contributed by atoms with Gasteiger partial charge in [-0.15, -0.1) is 0 Å². The van der Waals surface area contributed by atoms with Gasteiger partial charge in [0.25, 0.3) is 0 Å². The van der Waals surface area contributed by atoms with E-state index in [9.17, 15) is 4.79 Å². The number of carbonyl (C=O) groups is 1. The van der Waals surface area contributed by atoms with Gasteiger partial charge in [0.2, 0.25) is 5.91 Å². The zero-order valence-corrected chi connectivity index (χ0v) is 9.89. The van der Waals surface area contributed by atoms with Crippen molar-refractivity contribution in [3.8, 4) is 0 Å². The van der Waals surface area contributed by atoms with E-state index in [1.165, 1.54) is 0 Å². The van der Waals surface area contributed by atoms with Crippen LogP contribution in [0.25, 0.3) is 0 Å². The maximum absolute atomic E-state index is 12.1. The van der Waals surface area contributed by atoms with Gasteiger partial charge in [0, 0.05) is 24.1 Å². The molecule has 0 radical (unpaired) electrons. The van der Waals surface area contributed by atoms with Crippen LogP contribution in [-0.2, 0) is 11.2 Å². The fraction of sp³-hybridized carbons (Fsp3) is 0.214. The molecule has 0 saturated heterocycles. The van der Waals surface area contributed by atoms with Crippen LogP contribution in [0.1, 0.15) is 12.6 Å². The van der Waals surface area contributed by atoms with Gasteiger partial charge < -0.3 is 9.88 Å². The topological polar surface area (TPSA) is 36.1 Å². The summed E-state index contributed by atoms with van der Waals surface area (Å²) in [6.07, 6.45) is 2.25. The predicted molar refractivity (Wildman–Crippen MR) is 69.0 cm³/mol. The van der Waals surface area contributed by atoms with Crippen molar-refractivity contribution in [1.82, 2.24) is 4.98 Å². The summed E-state index contributed by atoms with van der Waals surface area (Å²) in [6.45, 7) is 2.67. The summed E-state index contributed by atoms with van der Waals surface area (Å²) in [7, 11) is 0. The normalized spacial score (nSPS) is 10.2. The molecule has 0 aliphatic carbocycles. The second-order valence-corrected chi connectivity index (χ2v) is 3.85. The number of likely N-dealkylation sites (N-methyl/N-ethyl adjacent to an activating group) is 1. The molecular formula is C14H16N2O. The van der Waals surface area contributed by atoms with Gasteiger partial charge in [-0.05, 0) is 31.2 Å². The molecular weight excluding hydrogens is 212 g/mol. The zero-order valence-electron chi connectivity index (χ0n) is 9.89. The minimum atomic E-state index is 0.112. The fourth-order valence-corrected chi connectivity index (χ4v) is 1.85. The summed E-state index contributed by atoms with van der Waals surface area (Å²) >= 11 is 0. The Kier molecular flexibility index (Phi) is 3.60. The van der Waals surface area contributed by atoms with E-state index in [-0.39, 0.29) is 5.91 Å². The highest BCUT2D eigenvalue weighted by molar-refractivity contribution is 5.94. The van der Waals surface area contributed by atoms with E-state index in [0.717, 1.165) is 11.4 Å². The van der Waals surface area contributed by atoms with Crippen LogP contribution in [0.4, 0.5) is 5.69 Å². The maximum Gasteiger partial charge on any atom is 0.232 e. The lowest BCUT2D eigenvalue weighted by Crippen LogP contribution is -2.31. The second kappa shape index (κ2) is 5.34. The summed E-state index contributed by atoms with van der Waals surface area (Å²) in [4.78, 5) is 17.0. The Labute approximate surface area is 101 Å². The molecule has 0 aliphatic heterocycles. The Balaban J connectivity index is 2.11. The maximum atomic E-state index is 12.1. The predicted octanol–water partition coefficient (Wildman–Crippen LogP) is 2.61. The number of aromatic nitrogens is 1. The third kappa shape index (κ3) is 2.75. The molecule has 0 bridgehead atoms. The number of amides is 1. The SMILES string of the molecule is CCN(C(=O)Cc1ccc[nH]1)c1ccccc1. The Morgan fingerprint density at radius 3 is 2.53 bits per heavy atom. The highest BCUT2D eigenvalue weighted by atomic mass is 16.2. The highest BCUT2D eigenvalue weighted by Gasteiger charge is 2.14. The van der Waals surface area contributed by atoms with Gasteiger partial charge in [-0.1, -0.05) is 18.2 Å². The van der Waals surface area contributed by atoms with Crippen LogP contribution in [0.15, 0.2) is 48.7 Å². The second-order valence-electron chi connectivity index (χ2n) is 3.85. The van der Waals surface area contributed by atoms with Crippen molar-refractivity contribution in [2.24, 2.45) is 0 Å². The van der Waals surface area contributed by atoms with E-state index in [1.54, 1.807) is 4.90 Å². The van der Waals surface area contributed by atoms with Crippen LogP contribution in [-0.4, -0.2) is 17.4 Å². The number of rotatable bonds is 4. The van der Waals surface area contributed by atoms with Crippen molar-refractivity contribution < 1.29 is 4.79 Å². The number of anilines is 1. The number of benzene rings is 1. The summed E-state index contributed by atoms with van der Waals surface area (Å²) < 4.78 is 0. The van der Waals surface area contributed by atoms with Gasteiger partial charge in [-0.25, -0.2) is 0 Å². The molecule has 0 unspecified atom stereocenters. The lowest BCUT2D eigenvalue weighted by atomic mass is 10.2. The molecule has 2 rings (SSSR count). The van der Waals surface area contributed by atoms with Crippen molar-refractivity contribution in [1.29, 1.82) is 0 Å². The highest BCUT2D eigenvalue weighted by Crippen LogP contribution is 2.14. The molecule has 0 saturated carbocycles. The molecule has 2 aromatic rings. The molecule has 1 amide bonds. The molecule has 0 aliphatic rings. The summed E-state index contributed by atoms with van der Waals surface area (Å²) in [5.41, 5.74) is 1.90. The first-order chi connectivity index (χ1) is 8.31. The standard InChI is InChI=1S/C14H16N2O/c1-2-16(13-8-4-3-5-9-13)14(17)11-12-7-6-10-15-12/h3-10,15H,2,11H2,1H3. The van der Waals surface area contributed by atoms with Gasteiger partial charge >= 0.3 is 0 Å². The molecule has 88 valence electrons. The Hall–Kier alpha value is -2.03. The Bertz CT molecular complexity index is 462. The van der Waals surface area contributed by atoms with Gasteiger partial charge in [0.1, 0.15) is 0 Å². The summed E-state index contributed by atoms with van der Waals surface area (Å²) in [5, 5.41) is 0. The number of aromatic amines is 1. The molecule has 0 spiro atoms. The van der Waals surface area contributed by atoms with E-state index in [0.29, 0.717) is 13.0 Å². The lowest BCUT2D eigenvalue weighted by molar-refractivity contribution is -0.118. The van der Waals surface area contributed by atoms with Crippen LogP contribution in [0, 0.1) is 0 Å². The average Bonchev–Trinajstić information content (AvgIpc) is 2.84. The largest absolute Gasteiger partial charge is 0.365 e. The van der Waals surface area contributed by atoms with Gasteiger partial charge in [-0.3, -0.25) is 4.79 Å². The Morgan fingerprint density at radius 2 is 1.94 bits per heavy atom. The minimum absolute atomic E-state index is 0.112. The number of hydrogen-bond donors (Lipinski definition) is 1. The molecule has 1 heterocycles. The monoisotopic (exact) mass is 228 g/mol. The summed E-state index contributed by atoms with van der Waals surface area (Å²) in [5.74, 6) is 0.112. The molecule has 1 aromatic carbocycles. The number of para-hydroxylation sites is 1. The Morgan fingerprint density at radius 1 is 1.18 bits per heavy atom. The molecule has 3 nitrogen and oxygen atoms in total. The number of carbonyl (C=O) groups excluding carboxylic acids is 1. The number of H-pyrrole nitrogens is 1. The van der Waals surface area contributed by atoms with Crippen molar-refractivity contribution in [3.05, 3.63) is 54.4 Å².